The second kappa shape index (κ2) is 4.93. The van der Waals surface area contributed by atoms with Crippen molar-refractivity contribution < 1.29 is 9.13 Å². The van der Waals surface area contributed by atoms with Gasteiger partial charge in [-0.2, -0.15) is 0 Å². The molecule has 0 aliphatic heterocycles. The summed E-state index contributed by atoms with van der Waals surface area (Å²) in [6, 6.07) is 4.06. The lowest BCUT2D eigenvalue weighted by atomic mass is 10.2. The largest absolute Gasteiger partial charge is 0.437 e. The van der Waals surface area contributed by atoms with Crippen molar-refractivity contribution in [1.82, 2.24) is 9.97 Å². The summed E-state index contributed by atoms with van der Waals surface area (Å²) in [7, 11) is 0. The van der Waals surface area contributed by atoms with Gasteiger partial charge in [0.25, 0.3) is 0 Å². The summed E-state index contributed by atoms with van der Waals surface area (Å²) in [6.07, 6.45) is 4.76. The Balaban J connectivity index is 1.83. The number of halogens is 2. The number of nitrogens with zero attached hydrogens (tertiary/aromatic N) is 2. The summed E-state index contributed by atoms with van der Waals surface area (Å²) >= 11 is 7.71. The first-order chi connectivity index (χ1) is 10.2. The lowest BCUT2D eigenvalue weighted by molar-refractivity contribution is 0.466. The Hall–Kier alpha value is -1.72. The number of aromatic nitrogens is 2. The van der Waals surface area contributed by atoms with Crippen LogP contribution in [0.2, 0.25) is 5.02 Å². The highest BCUT2D eigenvalue weighted by Crippen LogP contribution is 2.41. The first-order valence-electron chi connectivity index (χ1n) is 6.60. The zero-order valence-electron chi connectivity index (χ0n) is 10.9. The van der Waals surface area contributed by atoms with Crippen LogP contribution in [0.1, 0.15) is 16.9 Å². The fraction of sp³-hybridized carbons (Fsp3) is 0.200. The van der Waals surface area contributed by atoms with Crippen LogP contribution in [0.25, 0.3) is 10.2 Å². The average Bonchev–Trinajstić information content (AvgIpc) is 3.02. The predicted molar refractivity (Wildman–Crippen MR) is 80.9 cm³/mol. The molecule has 0 fully saturated rings. The number of rotatable bonds is 2. The Morgan fingerprint density at radius 1 is 1.24 bits per heavy atom. The molecule has 2 aromatic heterocycles. The topological polar surface area (TPSA) is 35.0 Å². The van der Waals surface area contributed by atoms with Crippen molar-refractivity contribution in [3.05, 3.63) is 45.8 Å². The molecule has 0 saturated heterocycles. The molecule has 3 aromatic rings. The highest BCUT2D eigenvalue weighted by molar-refractivity contribution is 7.18. The molecule has 0 atom stereocenters. The summed E-state index contributed by atoms with van der Waals surface area (Å²) in [4.78, 5) is 10.8. The van der Waals surface area contributed by atoms with Crippen molar-refractivity contribution in [3.8, 4) is 11.6 Å². The van der Waals surface area contributed by atoms with Gasteiger partial charge >= 0.3 is 0 Å². The maximum atomic E-state index is 13.1. The van der Waals surface area contributed by atoms with E-state index in [1.165, 1.54) is 35.0 Å². The Bertz CT molecular complexity index is 849. The molecule has 0 bridgehead atoms. The fourth-order valence-electron chi connectivity index (χ4n) is 2.64. The predicted octanol–water partition coefficient (Wildman–Crippen LogP) is 4.76. The van der Waals surface area contributed by atoms with Crippen LogP contribution in [0.15, 0.2) is 24.5 Å². The highest BCUT2D eigenvalue weighted by Gasteiger charge is 2.22. The van der Waals surface area contributed by atoms with Gasteiger partial charge in [0.1, 0.15) is 22.7 Å². The number of fused-ring (bicyclic) bond motifs is 3. The summed E-state index contributed by atoms with van der Waals surface area (Å²) in [5.74, 6) is 0.500. The van der Waals surface area contributed by atoms with E-state index in [1.807, 2.05) is 0 Å². The van der Waals surface area contributed by atoms with Gasteiger partial charge in [0.2, 0.25) is 5.88 Å². The summed E-state index contributed by atoms with van der Waals surface area (Å²) in [5, 5.41) is 1.20. The van der Waals surface area contributed by atoms with Crippen molar-refractivity contribution in [2.45, 2.75) is 19.3 Å². The third kappa shape index (κ3) is 2.17. The van der Waals surface area contributed by atoms with Crippen LogP contribution in [0.3, 0.4) is 0 Å². The molecule has 0 radical (unpaired) electrons. The van der Waals surface area contributed by atoms with E-state index in [1.54, 1.807) is 11.3 Å². The molecule has 1 aliphatic carbocycles. The Labute approximate surface area is 129 Å². The normalized spacial score (nSPS) is 13.6. The van der Waals surface area contributed by atoms with Gasteiger partial charge in [-0.15, -0.1) is 11.3 Å². The summed E-state index contributed by atoms with van der Waals surface area (Å²) in [5.41, 5.74) is 1.28. The van der Waals surface area contributed by atoms with E-state index in [4.69, 9.17) is 16.3 Å². The minimum absolute atomic E-state index is 0.230. The lowest BCUT2D eigenvalue weighted by Gasteiger charge is -2.08. The van der Waals surface area contributed by atoms with Crippen molar-refractivity contribution in [1.29, 1.82) is 0 Å². The van der Waals surface area contributed by atoms with Crippen molar-refractivity contribution >= 4 is 33.2 Å². The van der Waals surface area contributed by atoms with Crippen molar-refractivity contribution in [2.24, 2.45) is 0 Å². The Morgan fingerprint density at radius 2 is 2.14 bits per heavy atom. The van der Waals surface area contributed by atoms with Gasteiger partial charge in [-0.05, 0) is 43.0 Å². The third-order valence-electron chi connectivity index (χ3n) is 3.57. The highest BCUT2D eigenvalue weighted by atomic mass is 35.5. The molecule has 0 spiro atoms. The molecule has 0 saturated carbocycles. The molecule has 106 valence electrons. The molecule has 3 nitrogen and oxygen atoms in total. The number of aryl methyl sites for hydroxylation is 2. The third-order valence-corrected chi connectivity index (χ3v) is 5.06. The van der Waals surface area contributed by atoms with E-state index in [-0.39, 0.29) is 5.02 Å². The molecular formula is C15H10ClFN2OS. The number of ether oxygens (including phenoxy) is 1. The molecule has 2 heterocycles. The van der Waals surface area contributed by atoms with Gasteiger partial charge in [0.05, 0.1) is 10.4 Å². The molecule has 0 N–H and O–H groups in total. The lowest BCUT2D eigenvalue weighted by Crippen LogP contribution is -1.92. The van der Waals surface area contributed by atoms with Crippen LogP contribution in [0.5, 0.6) is 11.6 Å². The van der Waals surface area contributed by atoms with Crippen molar-refractivity contribution in [2.75, 3.05) is 0 Å². The number of thiophene rings is 1. The minimum atomic E-state index is -0.392. The molecular weight excluding hydrogens is 311 g/mol. The quantitative estimate of drug-likeness (QED) is 0.682. The van der Waals surface area contributed by atoms with E-state index in [0.717, 1.165) is 29.5 Å². The zero-order valence-corrected chi connectivity index (χ0v) is 12.5. The molecule has 0 amide bonds. The SMILES string of the molecule is Fc1ccc(Oc2ncnc3sc4c(c23)CCC4)c(Cl)c1. The monoisotopic (exact) mass is 320 g/mol. The second-order valence-corrected chi connectivity index (χ2v) is 6.38. The first-order valence-corrected chi connectivity index (χ1v) is 7.80. The molecule has 1 aliphatic rings. The van der Waals surface area contributed by atoms with Crippen LogP contribution in [0, 0.1) is 5.82 Å². The van der Waals surface area contributed by atoms with Gasteiger partial charge in [0, 0.05) is 4.88 Å². The summed E-state index contributed by atoms with van der Waals surface area (Å²) < 4.78 is 18.9. The van der Waals surface area contributed by atoms with Gasteiger partial charge in [-0.1, -0.05) is 11.6 Å². The fourth-order valence-corrected chi connectivity index (χ4v) is 4.06. The second-order valence-electron chi connectivity index (χ2n) is 4.89. The van der Waals surface area contributed by atoms with Gasteiger partial charge < -0.3 is 4.74 Å². The average molecular weight is 321 g/mol. The molecule has 4 rings (SSSR count). The number of benzene rings is 1. The van der Waals surface area contributed by atoms with Gasteiger partial charge in [-0.3, -0.25) is 0 Å². The van der Waals surface area contributed by atoms with E-state index in [9.17, 15) is 4.39 Å². The van der Waals surface area contributed by atoms with Crippen LogP contribution in [-0.2, 0) is 12.8 Å². The molecule has 21 heavy (non-hydrogen) atoms. The van der Waals surface area contributed by atoms with E-state index in [2.05, 4.69) is 9.97 Å². The number of hydrogen-bond donors (Lipinski definition) is 0. The van der Waals surface area contributed by atoms with Crippen molar-refractivity contribution in [3.63, 3.8) is 0 Å². The minimum Gasteiger partial charge on any atom is -0.437 e. The molecule has 0 unspecified atom stereocenters. The van der Waals surface area contributed by atoms with Gasteiger partial charge in [-0.25, -0.2) is 14.4 Å². The van der Waals surface area contributed by atoms with E-state index >= 15 is 0 Å². The van der Waals surface area contributed by atoms with Gasteiger partial charge in [0.15, 0.2) is 0 Å². The van der Waals surface area contributed by atoms with E-state index in [0.29, 0.717) is 11.6 Å². The maximum Gasteiger partial charge on any atom is 0.231 e. The smallest absolute Gasteiger partial charge is 0.231 e. The Morgan fingerprint density at radius 3 is 3.00 bits per heavy atom. The number of hydrogen-bond acceptors (Lipinski definition) is 4. The summed E-state index contributed by atoms with van der Waals surface area (Å²) in [6.45, 7) is 0. The Kier molecular flexibility index (Phi) is 3.05. The zero-order chi connectivity index (χ0) is 14.4. The molecule has 6 heteroatoms. The standard InChI is InChI=1S/C15H10ClFN2OS/c16-10-6-8(17)4-5-11(10)20-14-13-9-2-1-3-12(9)21-15(13)19-7-18-14/h4-7H,1-3H2. The van der Waals surface area contributed by atoms with E-state index < -0.39 is 5.82 Å². The van der Waals surface area contributed by atoms with Crippen LogP contribution in [0.4, 0.5) is 4.39 Å². The van der Waals surface area contributed by atoms with Crippen LogP contribution >= 0.6 is 22.9 Å². The van der Waals surface area contributed by atoms with Crippen LogP contribution < -0.4 is 4.74 Å². The molecule has 1 aromatic carbocycles. The first kappa shape index (κ1) is 13.0. The maximum absolute atomic E-state index is 13.1. The van der Waals surface area contributed by atoms with Crippen LogP contribution in [-0.4, -0.2) is 9.97 Å².